The fraction of sp³-hybridized carbons (Fsp3) is 0.579. The maximum absolute atomic E-state index is 13.5. The van der Waals surface area contributed by atoms with E-state index >= 15 is 0 Å². The lowest BCUT2D eigenvalue weighted by atomic mass is 10.1. The average molecular weight is 350 g/mol. The van der Waals surface area contributed by atoms with E-state index in [1.54, 1.807) is 30.1 Å². The van der Waals surface area contributed by atoms with Crippen LogP contribution in [0, 0.1) is 11.7 Å². The third-order valence-corrected chi connectivity index (χ3v) is 4.79. The van der Waals surface area contributed by atoms with Gasteiger partial charge in [-0.1, -0.05) is 26.0 Å². The molecule has 0 radical (unpaired) electrons. The quantitative estimate of drug-likeness (QED) is 0.724. The van der Waals surface area contributed by atoms with E-state index in [-0.39, 0.29) is 42.6 Å². The van der Waals surface area contributed by atoms with Crippen molar-refractivity contribution in [2.24, 2.45) is 5.92 Å². The van der Waals surface area contributed by atoms with E-state index < -0.39 is 5.82 Å². The molecule has 1 saturated heterocycles. The topological polar surface area (TPSA) is 49.9 Å². The number of hydrogen-bond acceptors (Lipinski definition) is 3. The lowest BCUT2D eigenvalue weighted by Crippen LogP contribution is -2.39. The number of carbonyl (C=O) groups is 2. The minimum atomic E-state index is -0.418. The Morgan fingerprint density at radius 1 is 1.36 bits per heavy atom. The highest BCUT2D eigenvalue weighted by Gasteiger charge is 2.37. The van der Waals surface area contributed by atoms with Gasteiger partial charge in [-0.25, -0.2) is 4.39 Å². The number of likely N-dealkylation sites (tertiary alicyclic amines) is 1. The summed E-state index contributed by atoms with van der Waals surface area (Å²) in [7, 11) is 1.69. The molecule has 1 fully saturated rings. The number of benzene rings is 1. The molecule has 0 aliphatic carbocycles. The number of hydrogen-bond donors (Lipinski definition) is 0. The molecule has 0 N–H and O–H groups in total. The summed E-state index contributed by atoms with van der Waals surface area (Å²) in [5, 5.41) is 0. The molecule has 1 aromatic carbocycles. The molecule has 5 nitrogen and oxygen atoms in total. The predicted molar refractivity (Wildman–Crippen MR) is 93.7 cm³/mol. The Kier molecular flexibility index (Phi) is 6.79. The van der Waals surface area contributed by atoms with Gasteiger partial charge in [-0.3, -0.25) is 9.59 Å². The van der Waals surface area contributed by atoms with Crippen LogP contribution in [0.1, 0.15) is 33.1 Å². The van der Waals surface area contributed by atoms with E-state index in [4.69, 9.17) is 4.74 Å². The second kappa shape index (κ2) is 8.83. The molecule has 25 heavy (non-hydrogen) atoms. The van der Waals surface area contributed by atoms with E-state index in [0.717, 1.165) is 12.8 Å². The maximum Gasteiger partial charge on any atom is 0.227 e. The van der Waals surface area contributed by atoms with Crippen LogP contribution >= 0.6 is 0 Å². The third kappa shape index (κ3) is 4.71. The van der Waals surface area contributed by atoms with E-state index in [9.17, 15) is 14.0 Å². The van der Waals surface area contributed by atoms with Crippen LogP contribution < -0.4 is 4.74 Å². The van der Waals surface area contributed by atoms with Gasteiger partial charge in [-0.05, 0) is 25.0 Å². The molecule has 1 aliphatic heterocycles. The number of amides is 2. The lowest BCUT2D eigenvalue weighted by Gasteiger charge is -2.26. The normalized spacial score (nSPS) is 17.2. The summed E-state index contributed by atoms with van der Waals surface area (Å²) in [5.74, 6) is -0.536. The summed E-state index contributed by atoms with van der Waals surface area (Å²) in [6.07, 6.45) is 2.07. The molecule has 1 aliphatic rings. The van der Waals surface area contributed by atoms with E-state index in [1.165, 1.54) is 6.07 Å². The Labute approximate surface area is 148 Å². The van der Waals surface area contributed by atoms with Crippen molar-refractivity contribution in [3.05, 3.63) is 30.1 Å². The average Bonchev–Trinajstić information content (AvgIpc) is 2.99. The smallest absolute Gasteiger partial charge is 0.227 e. The van der Waals surface area contributed by atoms with Crippen molar-refractivity contribution in [3.8, 4) is 5.75 Å². The zero-order valence-corrected chi connectivity index (χ0v) is 15.2. The first-order chi connectivity index (χ1) is 12.0. The second-order valence-corrected chi connectivity index (χ2v) is 6.46. The lowest BCUT2D eigenvalue weighted by molar-refractivity contribution is -0.135. The van der Waals surface area contributed by atoms with Gasteiger partial charge < -0.3 is 14.5 Å². The molecule has 1 atom stereocenters. The molecule has 138 valence electrons. The maximum atomic E-state index is 13.5. The summed E-state index contributed by atoms with van der Waals surface area (Å²) in [5.41, 5.74) is 0. The molecule has 0 spiro atoms. The predicted octanol–water partition coefficient (Wildman–Crippen LogP) is 2.70. The number of carbonyl (C=O) groups excluding carboxylic acids is 2. The molecule has 2 amide bonds. The monoisotopic (exact) mass is 350 g/mol. The van der Waals surface area contributed by atoms with Crippen LogP contribution in [-0.2, 0) is 9.59 Å². The molecule has 1 aromatic rings. The van der Waals surface area contributed by atoms with Crippen LogP contribution in [0.3, 0.4) is 0 Å². The van der Waals surface area contributed by atoms with Crippen molar-refractivity contribution in [2.45, 2.75) is 39.2 Å². The number of rotatable bonds is 8. The Morgan fingerprint density at radius 2 is 2.04 bits per heavy atom. The SMILES string of the molecule is CCC(CC)N1CC(C(=O)N(C)CCOc2ccccc2F)CC1=O. The molecule has 6 heteroatoms. The Morgan fingerprint density at radius 3 is 2.68 bits per heavy atom. The van der Waals surface area contributed by atoms with Crippen LogP contribution in [0.4, 0.5) is 4.39 Å². The fourth-order valence-electron chi connectivity index (χ4n) is 3.26. The highest BCUT2D eigenvalue weighted by atomic mass is 19.1. The van der Waals surface area contributed by atoms with Crippen LogP contribution in [0.25, 0.3) is 0 Å². The van der Waals surface area contributed by atoms with Gasteiger partial charge in [0.25, 0.3) is 0 Å². The largest absolute Gasteiger partial charge is 0.489 e. The molecule has 0 saturated carbocycles. The first kappa shape index (κ1) is 19.2. The fourth-order valence-corrected chi connectivity index (χ4v) is 3.26. The molecule has 2 rings (SSSR count). The molecule has 1 heterocycles. The summed E-state index contributed by atoms with van der Waals surface area (Å²) >= 11 is 0. The number of halogens is 1. The minimum Gasteiger partial charge on any atom is -0.489 e. The zero-order valence-electron chi connectivity index (χ0n) is 15.2. The van der Waals surface area contributed by atoms with Crippen molar-refractivity contribution in [2.75, 3.05) is 26.7 Å². The Balaban J connectivity index is 1.84. The van der Waals surface area contributed by atoms with Crippen LogP contribution in [0.2, 0.25) is 0 Å². The second-order valence-electron chi connectivity index (χ2n) is 6.46. The van der Waals surface area contributed by atoms with Crippen molar-refractivity contribution in [1.82, 2.24) is 9.80 Å². The number of para-hydroxylation sites is 1. The van der Waals surface area contributed by atoms with Gasteiger partial charge in [0.15, 0.2) is 11.6 Å². The molecule has 0 bridgehead atoms. The number of nitrogens with zero attached hydrogens (tertiary/aromatic N) is 2. The Hall–Kier alpha value is -2.11. The van der Waals surface area contributed by atoms with Crippen LogP contribution in [-0.4, -0.2) is 54.4 Å². The van der Waals surface area contributed by atoms with Crippen molar-refractivity contribution < 1.29 is 18.7 Å². The molecular weight excluding hydrogens is 323 g/mol. The van der Waals surface area contributed by atoms with Crippen molar-refractivity contribution in [3.63, 3.8) is 0 Å². The summed E-state index contributed by atoms with van der Waals surface area (Å²) < 4.78 is 18.9. The van der Waals surface area contributed by atoms with E-state index in [2.05, 4.69) is 13.8 Å². The van der Waals surface area contributed by atoms with Crippen molar-refractivity contribution in [1.29, 1.82) is 0 Å². The first-order valence-electron chi connectivity index (χ1n) is 8.89. The van der Waals surface area contributed by atoms with Gasteiger partial charge in [-0.2, -0.15) is 0 Å². The summed E-state index contributed by atoms with van der Waals surface area (Å²) in [6, 6.07) is 6.39. The molecule has 0 aromatic heterocycles. The van der Waals surface area contributed by atoms with E-state index in [1.807, 2.05) is 4.90 Å². The van der Waals surface area contributed by atoms with Gasteiger partial charge in [-0.15, -0.1) is 0 Å². The van der Waals surface area contributed by atoms with Crippen LogP contribution in [0.5, 0.6) is 5.75 Å². The summed E-state index contributed by atoms with van der Waals surface area (Å²) in [6.45, 7) is 5.16. The third-order valence-electron chi connectivity index (χ3n) is 4.79. The van der Waals surface area contributed by atoms with Gasteiger partial charge >= 0.3 is 0 Å². The van der Waals surface area contributed by atoms with Crippen molar-refractivity contribution >= 4 is 11.8 Å². The molecular formula is C19H27FN2O3. The summed E-state index contributed by atoms with van der Waals surface area (Å²) in [4.78, 5) is 28.2. The molecule has 1 unspecified atom stereocenters. The highest BCUT2D eigenvalue weighted by molar-refractivity contribution is 5.89. The van der Waals surface area contributed by atoms with Gasteiger partial charge in [0.2, 0.25) is 11.8 Å². The standard InChI is InChI=1S/C19H27FN2O3/c1-4-15(5-2)22-13-14(12-18(22)23)19(24)21(3)10-11-25-17-9-7-6-8-16(17)20/h6-9,14-15H,4-5,10-13H2,1-3H3. The first-order valence-corrected chi connectivity index (χ1v) is 8.89. The number of ether oxygens (including phenoxy) is 1. The van der Waals surface area contributed by atoms with Gasteiger partial charge in [0.05, 0.1) is 12.5 Å². The van der Waals surface area contributed by atoms with Crippen LogP contribution in [0.15, 0.2) is 24.3 Å². The van der Waals surface area contributed by atoms with Gasteiger partial charge in [0, 0.05) is 26.1 Å². The highest BCUT2D eigenvalue weighted by Crippen LogP contribution is 2.24. The Bertz CT molecular complexity index is 604. The zero-order chi connectivity index (χ0) is 18.4. The minimum absolute atomic E-state index is 0.0565. The van der Waals surface area contributed by atoms with Gasteiger partial charge in [0.1, 0.15) is 6.61 Å². The number of likely N-dealkylation sites (N-methyl/N-ethyl adjacent to an activating group) is 1. The van der Waals surface area contributed by atoms with E-state index in [0.29, 0.717) is 13.1 Å².